The molecule has 204 valence electrons. The van der Waals surface area contributed by atoms with E-state index in [9.17, 15) is 8.42 Å². The summed E-state index contributed by atoms with van der Waals surface area (Å²) < 4.78 is 28.4. The van der Waals surface area contributed by atoms with Crippen molar-refractivity contribution in [3.63, 3.8) is 0 Å². The van der Waals surface area contributed by atoms with Crippen molar-refractivity contribution in [1.29, 1.82) is 0 Å². The average Bonchev–Trinajstić information content (AvgIpc) is 2.91. The number of sulfonamides is 1. The van der Waals surface area contributed by atoms with E-state index in [1.54, 1.807) is 12.3 Å². The van der Waals surface area contributed by atoms with Crippen LogP contribution < -0.4 is 10.0 Å². The number of piperazine rings is 1. The van der Waals surface area contributed by atoms with Gasteiger partial charge in [-0.3, -0.25) is 9.62 Å². The van der Waals surface area contributed by atoms with Crippen LogP contribution in [0, 0.1) is 6.92 Å². The fraction of sp³-hybridized carbons (Fsp3) is 0.296. The van der Waals surface area contributed by atoms with E-state index < -0.39 is 10.0 Å². The minimum Gasteiger partial charge on any atom is -0.340 e. The Morgan fingerprint density at radius 2 is 1.74 bits per heavy atom. The first-order valence-electron chi connectivity index (χ1n) is 12.5. The zero-order valence-electron chi connectivity index (χ0n) is 21.7. The third-order valence-corrected chi connectivity index (χ3v) is 8.74. The maximum atomic E-state index is 12.9. The van der Waals surface area contributed by atoms with Gasteiger partial charge in [0.2, 0.25) is 10.0 Å². The van der Waals surface area contributed by atoms with Gasteiger partial charge in [0.05, 0.1) is 17.0 Å². The summed E-state index contributed by atoms with van der Waals surface area (Å²) in [7, 11) is -1.56. The summed E-state index contributed by atoms with van der Waals surface area (Å²) in [5, 5.41) is 4.85. The zero-order chi connectivity index (χ0) is 27.6. The molecular formula is C27H29Cl2N7O2S. The molecule has 0 bridgehead atoms. The van der Waals surface area contributed by atoms with Crippen LogP contribution in [0.1, 0.15) is 5.56 Å². The van der Waals surface area contributed by atoms with Gasteiger partial charge in [-0.05, 0) is 55.4 Å². The Morgan fingerprint density at radius 3 is 2.51 bits per heavy atom. The van der Waals surface area contributed by atoms with Crippen LogP contribution in [0.2, 0.25) is 10.2 Å². The molecule has 5 rings (SSSR count). The molecule has 39 heavy (non-hydrogen) atoms. The van der Waals surface area contributed by atoms with Crippen LogP contribution in [0.25, 0.3) is 22.0 Å². The number of anilines is 3. The lowest BCUT2D eigenvalue weighted by molar-refractivity contribution is 0.161. The normalized spacial score (nSPS) is 15.0. The number of likely N-dealkylation sites (N-methyl/N-ethyl adjacent to an activating group) is 1. The van der Waals surface area contributed by atoms with E-state index in [0.29, 0.717) is 22.9 Å². The summed E-state index contributed by atoms with van der Waals surface area (Å²) in [6, 6.07) is 13.1. The fourth-order valence-electron chi connectivity index (χ4n) is 4.36. The number of halogens is 2. The molecule has 0 spiro atoms. The number of aryl methyl sites for hydroxylation is 1. The highest BCUT2D eigenvalue weighted by Gasteiger charge is 2.19. The lowest BCUT2D eigenvalue weighted by Gasteiger charge is -2.32. The number of rotatable bonds is 8. The van der Waals surface area contributed by atoms with Crippen LogP contribution in [0.5, 0.6) is 0 Å². The predicted molar refractivity (Wildman–Crippen MR) is 159 cm³/mol. The molecule has 0 unspecified atom stereocenters. The van der Waals surface area contributed by atoms with Gasteiger partial charge in [-0.2, -0.15) is 0 Å². The van der Waals surface area contributed by atoms with Gasteiger partial charge in [0, 0.05) is 60.6 Å². The van der Waals surface area contributed by atoms with Gasteiger partial charge < -0.3 is 10.2 Å². The van der Waals surface area contributed by atoms with E-state index in [4.69, 9.17) is 23.2 Å². The molecule has 0 radical (unpaired) electrons. The summed E-state index contributed by atoms with van der Waals surface area (Å²) in [6.45, 7) is 5.96. The zero-order valence-corrected chi connectivity index (χ0v) is 24.0. The van der Waals surface area contributed by atoms with Crippen LogP contribution >= 0.6 is 23.2 Å². The maximum absolute atomic E-state index is 12.9. The van der Waals surface area contributed by atoms with Gasteiger partial charge in [0.25, 0.3) is 0 Å². The molecule has 0 aliphatic carbocycles. The van der Waals surface area contributed by atoms with Crippen LogP contribution in [0.3, 0.4) is 0 Å². The third-order valence-electron chi connectivity index (χ3n) is 6.78. The monoisotopic (exact) mass is 585 g/mol. The number of fused-ring (bicyclic) bond motifs is 1. The summed E-state index contributed by atoms with van der Waals surface area (Å²) in [5.74, 6) is 0.594. The highest BCUT2D eigenvalue weighted by atomic mass is 35.5. The average molecular weight is 587 g/mol. The van der Waals surface area contributed by atoms with Crippen LogP contribution in [0.15, 0.2) is 55.0 Å². The summed E-state index contributed by atoms with van der Waals surface area (Å²) in [6.07, 6.45) is 3.11. The number of aromatic nitrogens is 3. The molecule has 12 heteroatoms. The van der Waals surface area contributed by atoms with Crippen molar-refractivity contribution >= 4 is 61.3 Å². The van der Waals surface area contributed by atoms with E-state index >= 15 is 0 Å². The minimum absolute atomic E-state index is 0.0252. The van der Waals surface area contributed by atoms with Crippen molar-refractivity contribution in [1.82, 2.24) is 24.8 Å². The second-order valence-electron chi connectivity index (χ2n) is 9.67. The van der Waals surface area contributed by atoms with Crippen molar-refractivity contribution in [3.05, 3.63) is 70.7 Å². The number of benzene rings is 2. The topological polar surface area (TPSA) is 103 Å². The van der Waals surface area contributed by atoms with Crippen LogP contribution in [0.4, 0.5) is 17.2 Å². The van der Waals surface area contributed by atoms with E-state index in [-0.39, 0.29) is 16.6 Å². The molecule has 3 heterocycles. The third kappa shape index (κ3) is 6.77. The van der Waals surface area contributed by atoms with Crippen LogP contribution in [-0.4, -0.2) is 78.7 Å². The first-order chi connectivity index (χ1) is 18.7. The summed E-state index contributed by atoms with van der Waals surface area (Å²) in [5.41, 5.74) is 4.29. The molecule has 2 N–H and O–H groups in total. The lowest BCUT2D eigenvalue weighted by atomic mass is 10.0. The number of hydrogen-bond acceptors (Lipinski definition) is 8. The molecule has 9 nitrogen and oxygen atoms in total. The summed E-state index contributed by atoms with van der Waals surface area (Å²) >= 11 is 12.6. The maximum Gasteiger partial charge on any atom is 0.234 e. The van der Waals surface area contributed by atoms with Crippen molar-refractivity contribution in [2.75, 3.05) is 55.6 Å². The van der Waals surface area contributed by atoms with Gasteiger partial charge >= 0.3 is 0 Å². The van der Waals surface area contributed by atoms with E-state index in [2.05, 4.69) is 41.8 Å². The molecule has 0 amide bonds. The first-order valence-corrected chi connectivity index (χ1v) is 14.9. The van der Waals surface area contributed by atoms with Gasteiger partial charge in [-0.25, -0.2) is 23.4 Å². The lowest BCUT2D eigenvalue weighted by Crippen LogP contribution is -2.46. The Hall–Kier alpha value is -3.02. The van der Waals surface area contributed by atoms with Crippen molar-refractivity contribution < 1.29 is 8.42 Å². The molecule has 2 aromatic heterocycles. The van der Waals surface area contributed by atoms with Crippen molar-refractivity contribution in [2.24, 2.45) is 0 Å². The number of pyridine rings is 1. The number of nitrogens with one attached hydrogen (secondary N) is 2. The smallest absolute Gasteiger partial charge is 0.234 e. The standard InChI is InChI=1S/C27H29Cl2N7O2S/c1-18-3-5-21(15-23(18)28)33-27-22-13-19(4-6-24(22)31-17-32-27)20-14-25(26(29)30-16-20)34-39(37,38)12-11-36-9-7-35(2)8-10-36/h3-6,13-17,34H,7-12H2,1-2H3,(H,31,32,33). The molecule has 0 atom stereocenters. The second kappa shape index (κ2) is 11.6. The first kappa shape index (κ1) is 27.5. The Kier molecular flexibility index (Phi) is 8.20. The Labute approximate surface area is 238 Å². The molecule has 1 saturated heterocycles. The van der Waals surface area contributed by atoms with Gasteiger partial charge in [-0.15, -0.1) is 0 Å². The van der Waals surface area contributed by atoms with E-state index in [1.165, 1.54) is 6.33 Å². The molecule has 1 fully saturated rings. The highest BCUT2D eigenvalue weighted by Crippen LogP contribution is 2.32. The minimum atomic E-state index is -3.62. The fourth-order valence-corrected chi connectivity index (χ4v) is 5.84. The van der Waals surface area contributed by atoms with Gasteiger partial charge in [0.15, 0.2) is 5.15 Å². The van der Waals surface area contributed by atoms with Crippen LogP contribution in [-0.2, 0) is 10.0 Å². The van der Waals surface area contributed by atoms with Crippen molar-refractivity contribution in [3.8, 4) is 11.1 Å². The molecule has 1 aliphatic heterocycles. The van der Waals surface area contributed by atoms with Gasteiger partial charge in [-0.1, -0.05) is 35.3 Å². The number of nitrogens with zero attached hydrogens (tertiary/aromatic N) is 5. The van der Waals surface area contributed by atoms with Gasteiger partial charge in [0.1, 0.15) is 12.1 Å². The molecular weight excluding hydrogens is 557 g/mol. The molecule has 1 aliphatic rings. The highest BCUT2D eigenvalue weighted by molar-refractivity contribution is 7.92. The Bertz CT molecular complexity index is 1610. The molecule has 4 aromatic rings. The SMILES string of the molecule is Cc1ccc(Nc2ncnc3ccc(-c4cnc(Cl)c(NS(=O)(=O)CCN5CCN(C)CC5)c4)cc23)cc1Cl. The second-order valence-corrected chi connectivity index (χ2v) is 12.3. The Morgan fingerprint density at radius 1 is 0.949 bits per heavy atom. The Balaban J connectivity index is 1.37. The largest absolute Gasteiger partial charge is 0.340 e. The number of hydrogen-bond donors (Lipinski definition) is 2. The molecule has 2 aromatic carbocycles. The van der Waals surface area contributed by atoms with E-state index in [1.807, 2.05) is 43.3 Å². The van der Waals surface area contributed by atoms with Crippen molar-refractivity contribution in [2.45, 2.75) is 6.92 Å². The quantitative estimate of drug-likeness (QED) is 0.277. The predicted octanol–water partition coefficient (Wildman–Crippen LogP) is 5.04. The summed E-state index contributed by atoms with van der Waals surface area (Å²) in [4.78, 5) is 17.4. The van der Waals surface area contributed by atoms with E-state index in [0.717, 1.165) is 53.9 Å². The molecule has 0 saturated carbocycles.